The van der Waals surface area contributed by atoms with E-state index in [1.54, 1.807) is 30.7 Å². The first-order valence-corrected chi connectivity index (χ1v) is 11.0. The summed E-state index contributed by atoms with van der Waals surface area (Å²) in [6.07, 6.45) is 7.55. The summed E-state index contributed by atoms with van der Waals surface area (Å²) in [6.45, 7) is 2.93. The third-order valence-electron chi connectivity index (χ3n) is 5.81. The fourth-order valence-electron chi connectivity index (χ4n) is 3.69. The molecule has 0 aromatic carbocycles. The quantitative estimate of drug-likeness (QED) is 0.599. The molecule has 1 saturated heterocycles. The largest absolute Gasteiger partial charge is 0.381 e. The molecule has 4 heterocycles. The second-order valence-corrected chi connectivity index (χ2v) is 8.37. The molecule has 1 aliphatic heterocycles. The number of nitrogens with zero attached hydrogens (tertiary/aromatic N) is 4. The maximum atomic E-state index is 12.5. The minimum atomic E-state index is -0.143. The summed E-state index contributed by atoms with van der Waals surface area (Å²) in [5.74, 6) is 0.895. The molecule has 2 N–H and O–H groups in total. The zero-order valence-corrected chi connectivity index (χ0v) is 18.2. The Morgan fingerprint density at radius 1 is 0.970 bits per heavy atom. The van der Waals surface area contributed by atoms with Crippen molar-refractivity contribution >= 4 is 23.3 Å². The molecule has 2 fully saturated rings. The Labute approximate surface area is 191 Å². The summed E-state index contributed by atoms with van der Waals surface area (Å²) in [5, 5.41) is 5.79. The SMILES string of the molecule is Cc1ncc(NC(=O)C2CCOC2)cc1-c1nccc(-c2ccnc(NC(=O)C3CC3)c2)n1. The Hall–Kier alpha value is -3.72. The number of carbonyl (C=O) groups is 2. The van der Waals surface area contributed by atoms with Gasteiger partial charge in [-0.3, -0.25) is 14.6 Å². The Kier molecular flexibility index (Phi) is 5.78. The molecule has 2 amide bonds. The molecule has 9 heteroatoms. The number of rotatable bonds is 6. The lowest BCUT2D eigenvalue weighted by atomic mass is 10.1. The fraction of sp³-hybridized carbons (Fsp3) is 0.333. The number of aryl methyl sites for hydroxylation is 1. The first kappa shape index (κ1) is 21.1. The number of carbonyl (C=O) groups excluding carboxylic acids is 2. The van der Waals surface area contributed by atoms with Gasteiger partial charge in [0, 0.05) is 41.7 Å². The van der Waals surface area contributed by atoms with Gasteiger partial charge in [0.2, 0.25) is 11.8 Å². The fourth-order valence-corrected chi connectivity index (χ4v) is 3.69. The van der Waals surface area contributed by atoms with Crippen molar-refractivity contribution in [2.45, 2.75) is 26.2 Å². The Balaban J connectivity index is 1.38. The van der Waals surface area contributed by atoms with Crippen molar-refractivity contribution < 1.29 is 14.3 Å². The number of hydrogen-bond acceptors (Lipinski definition) is 7. The number of nitrogens with one attached hydrogen (secondary N) is 2. The summed E-state index contributed by atoms with van der Waals surface area (Å²) in [7, 11) is 0. The molecule has 3 aromatic heterocycles. The topological polar surface area (TPSA) is 119 Å². The van der Waals surface area contributed by atoms with Crippen molar-refractivity contribution in [3.05, 3.63) is 48.5 Å². The van der Waals surface area contributed by atoms with Crippen LogP contribution in [0.3, 0.4) is 0 Å². The van der Waals surface area contributed by atoms with Crippen LogP contribution < -0.4 is 10.6 Å². The van der Waals surface area contributed by atoms with Gasteiger partial charge in [0.15, 0.2) is 5.82 Å². The first-order valence-electron chi connectivity index (χ1n) is 11.0. The highest BCUT2D eigenvalue weighted by molar-refractivity contribution is 5.94. The zero-order chi connectivity index (χ0) is 22.8. The Morgan fingerprint density at radius 2 is 1.79 bits per heavy atom. The van der Waals surface area contributed by atoms with Gasteiger partial charge < -0.3 is 15.4 Å². The van der Waals surface area contributed by atoms with Crippen LogP contribution in [-0.2, 0) is 14.3 Å². The van der Waals surface area contributed by atoms with Crippen LogP contribution in [0.1, 0.15) is 25.0 Å². The smallest absolute Gasteiger partial charge is 0.229 e. The molecule has 2 aliphatic rings. The van der Waals surface area contributed by atoms with Crippen LogP contribution in [-0.4, -0.2) is 45.0 Å². The van der Waals surface area contributed by atoms with E-state index in [-0.39, 0.29) is 23.7 Å². The van der Waals surface area contributed by atoms with Gasteiger partial charge in [-0.2, -0.15) is 0 Å². The lowest BCUT2D eigenvalue weighted by Gasteiger charge is -2.12. The Bertz CT molecular complexity index is 1200. The average Bonchev–Trinajstić information content (AvgIpc) is 3.54. The molecule has 9 nitrogen and oxygen atoms in total. The van der Waals surface area contributed by atoms with Gasteiger partial charge in [-0.15, -0.1) is 0 Å². The van der Waals surface area contributed by atoms with Gasteiger partial charge in [-0.05, 0) is 50.5 Å². The minimum Gasteiger partial charge on any atom is -0.381 e. The molecule has 168 valence electrons. The highest BCUT2D eigenvalue weighted by Crippen LogP contribution is 2.30. The van der Waals surface area contributed by atoms with Crippen LogP contribution in [0.5, 0.6) is 0 Å². The second-order valence-electron chi connectivity index (χ2n) is 8.37. The van der Waals surface area contributed by atoms with Crippen LogP contribution in [0.4, 0.5) is 11.5 Å². The third-order valence-corrected chi connectivity index (χ3v) is 5.81. The first-order chi connectivity index (χ1) is 16.1. The van der Waals surface area contributed by atoms with Gasteiger partial charge >= 0.3 is 0 Å². The van der Waals surface area contributed by atoms with Crippen molar-refractivity contribution in [1.82, 2.24) is 19.9 Å². The molecular weight excluding hydrogens is 420 g/mol. The highest BCUT2D eigenvalue weighted by Gasteiger charge is 2.29. The van der Waals surface area contributed by atoms with E-state index in [2.05, 4.69) is 25.6 Å². The van der Waals surface area contributed by atoms with Gasteiger partial charge in [0.1, 0.15) is 5.82 Å². The lowest BCUT2D eigenvalue weighted by molar-refractivity contribution is -0.120. The number of anilines is 2. The Morgan fingerprint density at radius 3 is 2.58 bits per heavy atom. The van der Waals surface area contributed by atoms with Gasteiger partial charge in [-0.1, -0.05) is 0 Å². The normalized spacial score (nSPS) is 17.5. The van der Waals surface area contributed by atoms with Crippen LogP contribution >= 0.6 is 0 Å². The summed E-state index contributed by atoms with van der Waals surface area (Å²) >= 11 is 0. The lowest BCUT2D eigenvalue weighted by Crippen LogP contribution is -2.23. The molecule has 1 unspecified atom stereocenters. The molecule has 0 radical (unpaired) electrons. The van der Waals surface area contributed by atoms with E-state index in [0.717, 1.165) is 36.1 Å². The molecule has 1 saturated carbocycles. The number of amides is 2. The number of hydrogen-bond donors (Lipinski definition) is 2. The van der Waals surface area contributed by atoms with Crippen LogP contribution in [0.25, 0.3) is 22.6 Å². The van der Waals surface area contributed by atoms with Crippen LogP contribution in [0, 0.1) is 18.8 Å². The molecule has 5 rings (SSSR count). The van der Waals surface area contributed by atoms with E-state index < -0.39 is 0 Å². The van der Waals surface area contributed by atoms with Crippen molar-refractivity contribution in [2.24, 2.45) is 11.8 Å². The van der Waals surface area contributed by atoms with E-state index in [9.17, 15) is 9.59 Å². The van der Waals surface area contributed by atoms with E-state index >= 15 is 0 Å². The predicted molar refractivity (Wildman–Crippen MR) is 122 cm³/mol. The summed E-state index contributed by atoms with van der Waals surface area (Å²) in [4.78, 5) is 42.3. The number of aromatic nitrogens is 4. The highest BCUT2D eigenvalue weighted by atomic mass is 16.5. The third kappa shape index (κ3) is 4.88. The monoisotopic (exact) mass is 444 g/mol. The van der Waals surface area contributed by atoms with Crippen LogP contribution in [0.15, 0.2) is 42.9 Å². The molecular formula is C24H24N6O3. The second kappa shape index (κ2) is 9.03. The summed E-state index contributed by atoms with van der Waals surface area (Å²) in [6, 6.07) is 7.28. The molecule has 3 aromatic rings. The number of ether oxygens (including phenoxy) is 1. The molecule has 0 spiro atoms. The average molecular weight is 444 g/mol. The molecule has 0 bridgehead atoms. The summed E-state index contributed by atoms with van der Waals surface area (Å²) < 4.78 is 5.30. The van der Waals surface area contributed by atoms with Gasteiger partial charge in [-0.25, -0.2) is 15.0 Å². The van der Waals surface area contributed by atoms with Crippen molar-refractivity contribution in [2.75, 3.05) is 23.8 Å². The van der Waals surface area contributed by atoms with E-state index in [0.29, 0.717) is 36.2 Å². The predicted octanol–water partition coefficient (Wildman–Crippen LogP) is 3.23. The van der Waals surface area contributed by atoms with E-state index in [1.807, 2.05) is 19.1 Å². The standard InChI is InChI=1S/C24H24N6O3/c1-14-19(11-18(12-27-14)28-24(32)17-6-9-33-13-17)22-26-8-5-20(29-22)16-4-7-25-21(10-16)30-23(31)15-2-3-15/h4-5,7-8,10-12,15,17H,2-3,6,9,13H2,1H3,(H,28,32)(H,25,30,31). The maximum absolute atomic E-state index is 12.5. The minimum absolute atomic E-state index is 0.00718. The molecule has 1 aliphatic carbocycles. The van der Waals surface area contributed by atoms with Crippen molar-refractivity contribution in [1.29, 1.82) is 0 Å². The molecule has 1 atom stereocenters. The van der Waals surface area contributed by atoms with E-state index in [1.165, 1.54) is 0 Å². The van der Waals surface area contributed by atoms with E-state index in [4.69, 9.17) is 9.72 Å². The maximum Gasteiger partial charge on any atom is 0.229 e. The molecule has 33 heavy (non-hydrogen) atoms. The van der Waals surface area contributed by atoms with Crippen molar-refractivity contribution in [3.63, 3.8) is 0 Å². The van der Waals surface area contributed by atoms with Gasteiger partial charge in [0.25, 0.3) is 0 Å². The van der Waals surface area contributed by atoms with Gasteiger partial charge in [0.05, 0.1) is 30.1 Å². The number of pyridine rings is 2. The van der Waals surface area contributed by atoms with Crippen LogP contribution in [0.2, 0.25) is 0 Å². The summed E-state index contributed by atoms with van der Waals surface area (Å²) in [5.41, 5.74) is 3.59. The zero-order valence-electron chi connectivity index (χ0n) is 18.2. The van der Waals surface area contributed by atoms with Crippen molar-refractivity contribution in [3.8, 4) is 22.6 Å².